The Labute approximate surface area is 141 Å². The molecular weight excluding hydrogens is 333 g/mol. The van der Waals surface area contributed by atoms with Crippen molar-refractivity contribution in [2.75, 3.05) is 31.3 Å². The van der Waals surface area contributed by atoms with Crippen LogP contribution in [-0.4, -0.2) is 35.4 Å². The predicted octanol–water partition coefficient (Wildman–Crippen LogP) is 2.85. The average Bonchev–Trinajstić information content (AvgIpc) is 2.59. The number of sulfonamides is 1. The summed E-state index contributed by atoms with van der Waals surface area (Å²) in [5.41, 5.74) is 0.822. The summed E-state index contributed by atoms with van der Waals surface area (Å²) in [6.07, 6.45) is 0.104. The molecule has 0 atom stereocenters. The standard InChI is InChI=1S/C17H20FNO4S/c1-19(14-8-9-16(22-2)17(12-14)23-3)24(20,21)11-10-13-6-4-5-7-15(13)18/h4-9,12H,10-11H2,1-3H3. The molecule has 24 heavy (non-hydrogen) atoms. The molecule has 0 fully saturated rings. The maximum Gasteiger partial charge on any atom is 0.235 e. The zero-order chi connectivity index (χ0) is 17.7. The molecule has 2 rings (SSSR count). The lowest BCUT2D eigenvalue weighted by Gasteiger charge is -2.20. The summed E-state index contributed by atoms with van der Waals surface area (Å²) in [5, 5.41) is 0. The summed E-state index contributed by atoms with van der Waals surface area (Å²) < 4.78 is 50.1. The van der Waals surface area contributed by atoms with Gasteiger partial charge in [0.05, 0.1) is 25.7 Å². The second kappa shape index (κ2) is 7.53. The fourth-order valence-electron chi connectivity index (χ4n) is 2.26. The zero-order valence-electron chi connectivity index (χ0n) is 13.8. The van der Waals surface area contributed by atoms with Gasteiger partial charge in [-0.1, -0.05) is 18.2 Å². The molecule has 130 valence electrons. The van der Waals surface area contributed by atoms with Gasteiger partial charge in [-0.15, -0.1) is 0 Å². The molecule has 7 heteroatoms. The summed E-state index contributed by atoms with van der Waals surface area (Å²) in [5.74, 6) is 0.352. The Kier molecular flexibility index (Phi) is 5.66. The first-order valence-corrected chi connectivity index (χ1v) is 8.92. The number of aryl methyl sites for hydroxylation is 1. The quantitative estimate of drug-likeness (QED) is 0.768. The van der Waals surface area contributed by atoms with Gasteiger partial charge in [-0.2, -0.15) is 0 Å². The molecule has 0 bridgehead atoms. The highest BCUT2D eigenvalue weighted by atomic mass is 32.2. The number of rotatable bonds is 7. The van der Waals surface area contributed by atoms with Crippen molar-refractivity contribution in [3.63, 3.8) is 0 Å². The van der Waals surface area contributed by atoms with E-state index >= 15 is 0 Å². The molecule has 0 radical (unpaired) electrons. The first kappa shape index (κ1) is 18.1. The highest BCUT2D eigenvalue weighted by Crippen LogP contribution is 2.32. The molecule has 2 aromatic rings. The maximum atomic E-state index is 13.6. The fraction of sp³-hybridized carbons (Fsp3) is 0.294. The van der Waals surface area contributed by atoms with E-state index in [4.69, 9.17) is 9.47 Å². The van der Waals surface area contributed by atoms with Gasteiger partial charge in [0, 0.05) is 13.1 Å². The van der Waals surface area contributed by atoms with Gasteiger partial charge in [0.1, 0.15) is 5.82 Å². The summed E-state index contributed by atoms with van der Waals surface area (Å²) in [7, 11) is 0.841. The van der Waals surface area contributed by atoms with E-state index in [0.29, 0.717) is 22.7 Å². The molecule has 0 heterocycles. The molecule has 0 aliphatic rings. The first-order chi connectivity index (χ1) is 11.4. The third-order valence-corrected chi connectivity index (χ3v) is 5.50. The van der Waals surface area contributed by atoms with Gasteiger partial charge in [0.2, 0.25) is 10.0 Å². The number of nitrogens with zero attached hydrogens (tertiary/aromatic N) is 1. The molecule has 5 nitrogen and oxygen atoms in total. The number of hydrogen-bond donors (Lipinski definition) is 0. The summed E-state index contributed by atoms with van der Waals surface area (Å²) in [6.45, 7) is 0. The predicted molar refractivity (Wildman–Crippen MR) is 91.8 cm³/mol. The van der Waals surface area contributed by atoms with Crippen LogP contribution in [0.15, 0.2) is 42.5 Å². The van der Waals surface area contributed by atoms with Crippen LogP contribution in [0.4, 0.5) is 10.1 Å². The third-order valence-electron chi connectivity index (χ3n) is 3.74. The summed E-state index contributed by atoms with van der Waals surface area (Å²) >= 11 is 0. The Hall–Kier alpha value is -2.28. The number of anilines is 1. The van der Waals surface area contributed by atoms with Crippen LogP contribution in [0.25, 0.3) is 0 Å². The summed E-state index contributed by atoms with van der Waals surface area (Å²) in [6, 6.07) is 11.0. The topological polar surface area (TPSA) is 55.8 Å². The maximum absolute atomic E-state index is 13.6. The second-order valence-electron chi connectivity index (χ2n) is 5.16. The molecule has 0 aromatic heterocycles. The lowest BCUT2D eigenvalue weighted by atomic mass is 10.2. The van der Waals surface area contributed by atoms with Crippen LogP contribution in [0.5, 0.6) is 11.5 Å². The van der Waals surface area contributed by atoms with E-state index in [9.17, 15) is 12.8 Å². The van der Waals surface area contributed by atoms with E-state index in [0.717, 1.165) is 4.31 Å². The molecule has 0 N–H and O–H groups in total. The SMILES string of the molecule is COc1ccc(N(C)S(=O)(=O)CCc2ccccc2F)cc1OC. The minimum Gasteiger partial charge on any atom is -0.493 e. The van der Waals surface area contributed by atoms with Crippen molar-refractivity contribution in [3.05, 3.63) is 53.8 Å². The highest BCUT2D eigenvalue weighted by molar-refractivity contribution is 7.92. The minimum atomic E-state index is -3.60. The lowest BCUT2D eigenvalue weighted by Crippen LogP contribution is -2.30. The van der Waals surface area contributed by atoms with E-state index in [2.05, 4.69) is 0 Å². The molecule has 0 saturated heterocycles. The van der Waals surface area contributed by atoms with Crippen molar-refractivity contribution >= 4 is 15.7 Å². The monoisotopic (exact) mass is 353 g/mol. The number of methoxy groups -OCH3 is 2. The van der Waals surface area contributed by atoms with Gasteiger partial charge in [-0.05, 0) is 30.2 Å². The van der Waals surface area contributed by atoms with E-state index in [1.165, 1.54) is 27.3 Å². The molecule has 0 aliphatic heterocycles. The van der Waals surface area contributed by atoms with E-state index in [1.54, 1.807) is 36.4 Å². The van der Waals surface area contributed by atoms with E-state index in [-0.39, 0.29) is 12.2 Å². The van der Waals surface area contributed by atoms with Crippen LogP contribution in [0.3, 0.4) is 0 Å². The van der Waals surface area contributed by atoms with Crippen molar-refractivity contribution in [2.24, 2.45) is 0 Å². The van der Waals surface area contributed by atoms with Crippen LogP contribution in [0.1, 0.15) is 5.56 Å². The van der Waals surface area contributed by atoms with E-state index in [1.807, 2.05) is 0 Å². The molecule has 0 amide bonds. The molecule has 0 unspecified atom stereocenters. The Morgan fingerprint density at radius 1 is 1.04 bits per heavy atom. The van der Waals surface area contributed by atoms with Crippen LogP contribution in [-0.2, 0) is 16.4 Å². The first-order valence-electron chi connectivity index (χ1n) is 7.31. The van der Waals surface area contributed by atoms with Crippen LogP contribution >= 0.6 is 0 Å². The highest BCUT2D eigenvalue weighted by Gasteiger charge is 2.20. The van der Waals surface area contributed by atoms with Crippen LogP contribution in [0, 0.1) is 5.82 Å². The largest absolute Gasteiger partial charge is 0.493 e. The third kappa shape index (κ3) is 3.97. The number of halogens is 1. The Morgan fingerprint density at radius 3 is 2.33 bits per heavy atom. The number of ether oxygens (including phenoxy) is 2. The van der Waals surface area contributed by atoms with Crippen LogP contribution in [0.2, 0.25) is 0 Å². The molecule has 0 spiro atoms. The zero-order valence-corrected chi connectivity index (χ0v) is 14.6. The van der Waals surface area contributed by atoms with Crippen molar-refractivity contribution < 1.29 is 22.3 Å². The summed E-state index contributed by atoms with van der Waals surface area (Å²) in [4.78, 5) is 0. The Bertz CT molecular complexity index is 808. The minimum absolute atomic E-state index is 0.104. The Balaban J connectivity index is 2.18. The number of hydrogen-bond acceptors (Lipinski definition) is 4. The van der Waals surface area contributed by atoms with Gasteiger partial charge in [-0.25, -0.2) is 12.8 Å². The van der Waals surface area contributed by atoms with Gasteiger partial charge < -0.3 is 9.47 Å². The molecular formula is C17H20FNO4S. The lowest BCUT2D eigenvalue weighted by molar-refractivity contribution is 0.355. The van der Waals surface area contributed by atoms with E-state index < -0.39 is 15.8 Å². The normalized spacial score (nSPS) is 11.2. The molecule has 0 aliphatic carbocycles. The van der Waals surface area contributed by atoms with Crippen molar-refractivity contribution in [1.29, 1.82) is 0 Å². The average molecular weight is 353 g/mol. The Morgan fingerprint density at radius 2 is 1.71 bits per heavy atom. The molecule has 0 saturated carbocycles. The van der Waals surface area contributed by atoms with Crippen LogP contribution < -0.4 is 13.8 Å². The van der Waals surface area contributed by atoms with Gasteiger partial charge in [-0.3, -0.25) is 4.31 Å². The fourth-order valence-corrected chi connectivity index (χ4v) is 3.44. The molecule has 2 aromatic carbocycles. The number of benzene rings is 2. The van der Waals surface area contributed by atoms with Gasteiger partial charge in [0.25, 0.3) is 0 Å². The van der Waals surface area contributed by atoms with Crippen molar-refractivity contribution in [2.45, 2.75) is 6.42 Å². The second-order valence-corrected chi connectivity index (χ2v) is 7.28. The van der Waals surface area contributed by atoms with Gasteiger partial charge in [0.15, 0.2) is 11.5 Å². The van der Waals surface area contributed by atoms with Crippen molar-refractivity contribution in [3.8, 4) is 11.5 Å². The smallest absolute Gasteiger partial charge is 0.235 e. The van der Waals surface area contributed by atoms with Gasteiger partial charge >= 0.3 is 0 Å². The van der Waals surface area contributed by atoms with Crippen molar-refractivity contribution in [1.82, 2.24) is 0 Å².